The number of thiol groups is 1. The molecule has 0 aromatic rings. The van der Waals surface area contributed by atoms with Crippen LogP contribution in [0.3, 0.4) is 0 Å². The predicted molar refractivity (Wildman–Crippen MR) is 85.2 cm³/mol. The Morgan fingerprint density at radius 2 is 1.56 bits per heavy atom. The Morgan fingerprint density at radius 1 is 1.00 bits per heavy atom. The van der Waals surface area contributed by atoms with Gasteiger partial charge in [-0.1, -0.05) is 17.7 Å². The highest BCUT2D eigenvalue weighted by molar-refractivity contribution is 8.69. The third-order valence-electron chi connectivity index (χ3n) is 4.78. The lowest BCUT2D eigenvalue weighted by Crippen LogP contribution is -2.51. The van der Waals surface area contributed by atoms with Gasteiger partial charge in [0.2, 0.25) is 0 Å². The highest BCUT2D eigenvalue weighted by atomic mass is 33.1. The molecule has 0 atom stereocenters. The quantitative estimate of drug-likeness (QED) is 0.628. The van der Waals surface area contributed by atoms with Crippen LogP contribution in [0.15, 0.2) is 0 Å². The summed E-state index contributed by atoms with van der Waals surface area (Å²) in [5.74, 6) is 0.945. The largest absolute Gasteiger partial charge is 0.300 e. The topological polar surface area (TPSA) is 6.48 Å². The fourth-order valence-corrected chi connectivity index (χ4v) is 3.87. The number of piperidine rings is 2. The maximum Gasteiger partial charge on any atom is 0.0713 e. The van der Waals surface area contributed by atoms with E-state index in [4.69, 9.17) is 0 Å². The minimum atomic E-state index is 0.185. The van der Waals surface area contributed by atoms with Gasteiger partial charge in [-0.2, -0.15) is 0 Å². The van der Waals surface area contributed by atoms with E-state index >= 15 is 0 Å². The molecule has 2 saturated heterocycles. The van der Waals surface area contributed by atoms with Gasteiger partial charge in [0.15, 0.2) is 0 Å². The average Bonchev–Trinajstić information content (AvgIpc) is 2.40. The number of nitrogens with zero attached hydrogens (tertiary/aromatic N) is 2. The first-order chi connectivity index (χ1) is 8.53. The molecule has 2 heterocycles. The van der Waals surface area contributed by atoms with E-state index in [0.717, 1.165) is 12.0 Å². The van der Waals surface area contributed by atoms with Crippen LogP contribution in [0, 0.1) is 5.92 Å². The third kappa shape index (κ3) is 3.59. The van der Waals surface area contributed by atoms with Gasteiger partial charge < -0.3 is 4.90 Å². The maximum absolute atomic E-state index is 4.41. The smallest absolute Gasteiger partial charge is 0.0713 e. The van der Waals surface area contributed by atoms with E-state index < -0.39 is 0 Å². The molecule has 0 aliphatic carbocycles. The Hall–Kier alpha value is 0.620. The molecule has 0 aromatic carbocycles. The molecule has 2 fully saturated rings. The van der Waals surface area contributed by atoms with Crippen LogP contribution < -0.4 is 0 Å². The molecule has 0 N–H and O–H groups in total. The SMILES string of the molecule is CC1CCN(C2CCN(C(C)(C)SS)CC2)CC1. The Kier molecular flexibility index (Phi) is 5.32. The van der Waals surface area contributed by atoms with Crippen LogP contribution in [0.4, 0.5) is 0 Å². The van der Waals surface area contributed by atoms with Crippen molar-refractivity contribution >= 4 is 22.5 Å². The molecular weight excluding hydrogens is 260 g/mol. The lowest BCUT2D eigenvalue weighted by Gasteiger charge is -2.45. The van der Waals surface area contributed by atoms with Crippen molar-refractivity contribution in [2.24, 2.45) is 5.92 Å². The summed E-state index contributed by atoms with van der Waals surface area (Å²) in [6.07, 6.45) is 5.48. The zero-order valence-corrected chi connectivity index (χ0v) is 13.8. The van der Waals surface area contributed by atoms with Gasteiger partial charge in [-0.15, -0.1) is 11.7 Å². The summed E-state index contributed by atoms with van der Waals surface area (Å²) in [6.45, 7) is 12.1. The number of rotatable bonds is 3. The van der Waals surface area contributed by atoms with Gasteiger partial charge in [-0.05, 0) is 58.5 Å². The minimum absolute atomic E-state index is 0.185. The molecule has 0 aromatic heterocycles. The molecule has 2 nitrogen and oxygen atoms in total. The van der Waals surface area contributed by atoms with Gasteiger partial charge in [0.25, 0.3) is 0 Å². The molecule has 18 heavy (non-hydrogen) atoms. The van der Waals surface area contributed by atoms with Gasteiger partial charge >= 0.3 is 0 Å². The van der Waals surface area contributed by atoms with E-state index in [2.05, 4.69) is 42.2 Å². The number of likely N-dealkylation sites (tertiary alicyclic amines) is 2. The van der Waals surface area contributed by atoms with Gasteiger partial charge in [0.1, 0.15) is 0 Å². The van der Waals surface area contributed by atoms with Crippen LogP contribution in [0.2, 0.25) is 0 Å². The normalized spacial score (nSPS) is 26.7. The molecule has 0 amide bonds. The lowest BCUT2D eigenvalue weighted by molar-refractivity contribution is 0.0631. The van der Waals surface area contributed by atoms with Crippen LogP contribution in [-0.2, 0) is 0 Å². The fraction of sp³-hybridized carbons (Fsp3) is 1.00. The molecular formula is C14H28N2S2. The molecule has 2 aliphatic heterocycles. The molecule has 0 radical (unpaired) electrons. The van der Waals surface area contributed by atoms with Crippen LogP contribution in [0.1, 0.15) is 46.5 Å². The molecule has 106 valence electrons. The second kappa shape index (κ2) is 6.38. The summed E-state index contributed by atoms with van der Waals surface area (Å²) >= 11 is 4.41. The van der Waals surface area contributed by atoms with E-state index in [1.54, 1.807) is 10.8 Å². The Labute approximate surface area is 122 Å². The second-order valence-electron chi connectivity index (χ2n) is 6.47. The summed E-state index contributed by atoms with van der Waals surface area (Å²) in [5, 5.41) is 0. The Bertz CT molecular complexity index is 255. The summed E-state index contributed by atoms with van der Waals surface area (Å²) in [4.78, 5) is 5.52. The van der Waals surface area contributed by atoms with E-state index in [1.165, 1.54) is 51.9 Å². The van der Waals surface area contributed by atoms with Crippen molar-refractivity contribution < 1.29 is 0 Å². The van der Waals surface area contributed by atoms with Gasteiger partial charge in [0, 0.05) is 19.1 Å². The summed E-state index contributed by atoms with van der Waals surface area (Å²) in [6, 6.07) is 0.842. The predicted octanol–water partition coefficient (Wildman–Crippen LogP) is 3.50. The molecule has 2 rings (SSSR count). The van der Waals surface area contributed by atoms with E-state index in [0.29, 0.717) is 0 Å². The minimum Gasteiger partial charge on any atom is -0.300 e. The van der Waals surface area contributed by atoms with Crippen LogP contribution in [0.5, 0.6) is 0 Å². The van der Waals surface area contributed by atoms with Gasteiger partial charge in [0.05, 0.1) is 4.87 Å². The van der Waals surface area contributed by atoms with Gasteiger partial charge in [-0.3, -0.25) is 4.90 Å². The van der Waals surface area contributed by atoms with Crippen LogP contribution in [0.25, 0.3) is 0 Å². The monoisotopic (exact) mass is 288 g/mol. The van der Waals surface area contributed by atoms with Crippen molar-refractivity contribution in [1.29, 1.82) is 0 Å². The molecule has 0 unspecified atom stereocenters. The van der Waals surface area contributed by atoms with Crippen LogP contribution >= 0.6 is 22.5 Å². The number of hydrogen-bond donors (Lipinski definition) is 1. The summed E-state index contributed by atoms with van der Waals surface area (Å²) in [7, 11) is 1.68. The Balaban J connectivity index is 1.80. The fourth-order valence-electron chi connectivity index (χ4n) is 3.22. The first-order valence-corrected chi connectivity index (χ1v) is 9.21. The second-order valence-corrected chi connectivity index (χ2v) is 8.20. The standard InChI is InChI=1S/C14H28N2S2/c1-12-4-8-15(9-5-12)13-6-10-16(11-7-13)14(2,3)18-17/h12-13,17H,4-11H2,1-3H3. The summed E-state index contributed by atoms with van der Waals surface area (Å²) < 4.78 is 0. The lowest BCUT2D eigenvalue weighted by atomic mass is 9.94. The van der Waals surface area contributed by atoms with Crippen molar-refractivity contribution in [3.63, 3.8) is 0 Å². The highest BCUT2D eigenvalue weighted by Crippen LogP contribution is 2.34. The van der Waals surface area contributed by atoms with Crippen molar-refractivity contribution in [2.45, 2.75) is 57.4 Å². The highest BCUT2D eigenvalue weighted by Gasteiger charge is 2.33. The molecule has 0 bridgehead atoms. The van der Waals surface area contributed by atoms with E-state index in [1.807, 2.05) is 0 Å². The molecule has 0 saturated carbocycles. The zero-order valence-electron chi connectivity index (χ0n) is 12.1. The zero-order chi connectivity index (χ0) is 13.2. The van der Waals surface area contributed by atoms with E-state index in [9.17, 15) is 0 Å². The van der Waals surface area contributed by atoms with Crippen molar-refractivity contribution in [3.05, 3.63) is 0 Å². The Morgan fingerprint density at radius 3 is 2.06 bits per heavy atom. The van der Waals surface area contributed by atoms with Crippen LogP contribution in [-0.4, -0.2) is 46.9 Å². The molecule has 2 aliphatic rings. The van der Waals surface area contributed by atoms with Crippen molar-refractivity contribution in [1.82, 2.24) is 9.80 Å². The maximum atomic E-state index is 4.41. The van der Waals surface area contributed by atoms with Crippen molar-refractivity contribution in [2.75, 3.05) is 26.2 Å². The third-order valence-corrected chi connectivity index (χ3v) is 6.83. The average molecular weight is 289 g/mol. The summed E-state index contributed by atoms with van der Waals surface area (Å²) in [5.41, 5.74) is 0. The number of hydrogen-bond acceptors (Lipinski definition) is 4. The van der Waals surface area contributed by atoms with Gasteiger partial charge in [-0.25, -0.2) is 0 Å². The first-order valence-electron chi connectivity index (χ1n) is 7.34. The van der Waals surface area contributed by atoms with Crippen molar-refractivity contribution in [3.8, 4) is 0 Å². The van der Waals surface area contributed by atoms with E-state index in [-0.39, 0.29) is 4.87 Å². The molecule has 4 heteroatoms. The first kappa shape index (κ1) is 15.0. The molecule has 0 spiro atoms.